The molecule has 0 saturated carbocycles. The lowest BCUT2D eigenvalue weighted by Crippen LogP contribution is -1.73. The molecular weight excluding hydrogens is 156 g/mol. The summed E-state index contributed by atoms with van der Waals surface area (Å²) >= 11 is 0. The van der Waals surface area contributed by atoms with Gasteiger partial charge in [0.05, 0.1) is 0 Å². The molecule has 0 atom stereocenters. The van der Waals surface area contributed by atoms with Crippen LogP contribution in [0.15, 0.2) is 36.9 Å². The number of unbranched alkanes of at least 4 members (excludes halogenated alkanes) is 1. The third kappa shape index (κ3) is 3.29. The Bertz CT molecular complexity index is 277. The molecule has 1 aromatic carbocycles. The number of hydrogen-bond acceptors (Lipinski definition) is 0. The van der Waals surface area contributed by atoms with E-state index >= 15 is 0 Å². The van der Waals surface area contributed by atoms with Crippen LogP contribution in [0.3, 0.4) is 0 Å². The predicted molar refractivity (Wildman–Crippen MR) is 60.5 cm³/mol. The molecule has 0 heterocycles. The quantitative estimate of drug-likeness (QED) is 0.640. The highest BCUT2D eigenvalue weighted by molar-refractivity contribution is 5.54. The molecule has 0 aliphatic carbocycles. The van der Waals surface area contributed by atoms with Gasteiger partial charge < -0.3 is 0 Å². The maximum atomic E-state index is 3.72. The van der Waals surface area contributed by atoms with Gasteiger partial charge in [0.15, 0.2) is 0 Å². The van der Waals surface area contributed by atoms with E-state index in [-0.39, 0.29) is 0 Å². The fourth-order valence-electron chi connectivity index (χ4n) is 1.13. The monoisotopic (exact) mass is 172 g/mol. The summed E-state index contributed by atoms with van der Waals surface area (Å²) in [6, 6.07) is 8.39. The van der Waals surface area contributed by atoms with E-state index in [2.05, 4.69) is 49.9 Å². The highest BCUT2D eigenvalue weighted by Gasteiger charge is 1.86. The van der Waals surface area contributed by atoms with Gasteiger partial charge in [-0.15, -0.1) is 0 Å². The first-order valence-electron chi connectivity index (χ1n) is 4.76. The Morgan fingerprint density at radius 3 is 2.31 bits per heavy atom. The van der Waals surface area contributed by atoms with Gasteiger partial charge in [0, 0.05) is 0 Å². The van der Waals surface area contributed by atoms with E-state index in [9.17, 15) is 0 Å². The minimum Gasteiger partial charge on any atom is -0.0985 e. The van der Waals surface area contributed by atoms with E-state index in [0.717, 1.165) is 6.42 Å². The van der Waals surface area contributed by atoms with Crippen molar-refractivity contribution in [2.24, 2.45) is 0 Å². The number of hydrogen-bond donors (Lipinski definition) is 0. The van der Waals surface area contributed by atoms with Crippen LogP contribution in [0.4, 0.5) is 0 Å². The van der Waals surface area contributed by atoms with Crippen molar-refractivity contribution in [1.82, 2.24) is 0 Å². The molecule has 0 amide bonds. The van der Waals surface area contributed by atoms with Crippen LogP contribution < -0.4 is 0 Å². The summed E-state index contributed by atoms with van der Waals surface area (Å²) in [5.74, 6) is 0. The van der Waals surface area contributed by atoms with Crippen LogP contribution in [0.25, 0.3) is 12.2 Å². The maximum absolute atomic E-state index is 3.72. The second kappa shape index (κ2) is 5.36. The van der Waals surface area contributed by atoms with Gasteiger partial charge in [0.2, 0.25) is 0 Å². The Labute approximate surface area is 80.6 Å². The van der Waals surface area contributed by atoms with E-state index in [1.807, 2.05) is 6.08 Å². The maximum Gasteiger partial charge on any atom is -0.0259 e. The van der Waals surface area contributed by atoms with Crippen molar-refractivity contribution >= 4 is 12.2 Å². The van der Waals surface area contributed by atoms with Crippen LogP contribution in [-0.2, 0) is 0 Å². The van der Waals surface area contributed by atoms with Crippen molar-refractivity contribution < 1.29 is 0 Å². The molecule has 0 aliphatic heterocycles. The van der Waals surface area contributed by atoms with Crippen LogP contribution in [0.5, 0.6) is 0 Å². The molecule has 1 rings (SSSR count). The van der Waals surface area contributed by atoms with Crippen molar-refractivity contribution in [2.45, 2.75) is 19.8 Å². The second-order valence-electron chi connectivity index (χ2n) is 3.06. The van der Waals surface area contributed by atoms with Crippen LogP contribution in [0.1, 0.15) is 30.9 Å². The Morgan fingerprint density at radius 2 is 1.77 bits per heavy atom. The first-order valence-corrected chi connectivity index (χ1v) is 4.76. The van der Waals surface area contributed by atoms with Crippen molar-refractivity contribution in [3.8, 4) is 0 Å². The van der Waals surface area contributed by atoms with Gasteiger partial charge in [-0.2, -0.15) is 0 Å². The zero-order valence-electron chi connectivity index (χ0n) is 8.16. The molecule has 0 unspecified atom stereocenters. The molecule has 0 saturated heterocycles. The minimum absolute atomic E-state index is 1.16. The van der Waals surface area contributed by atoms with Crippen molar-refractivity contribution in [1.29, 1.82) is 0 Å². The Kier molecular flexibility index (Phi) is 4.04. The molecule has 13 heavy (non-hydrogen) atoms. The SMILES string of the molecule is C=Cc1ccc(C=CCCC)cc1. The van der Waals surface area contributed by atoms with Crippen molar-refractivity contribution in [2.75, 3.05) is 0 Å². The third-order valence-electron chi connectivity index (χ3n) is 1.94. The van der Waals surface area contributed by atoms with Crippen molar-refractivity contribution in [3.63, 3.8) is 0 Å². The summed E-state index contributed by atoms with van der Waals surface area (Å²) in [4.78, 5) is 0. The molecule has 0 radical (unpaired) electrons. The van der Waals surface area contributed by atoms with Gasteiger partial charge in [-0.05, 0) is 17.5 Å². The number of rotatable bonds is 4. The molecule has 0 N–H and O–H groups in total. The van der Waals surface area contributed by atoms with E-state index < -0.39 is 0 Å². The second-order valence-corrected chi connectivity index (χ2v) is 3.06. The molecule has 0 aromatic heterocycles. The third-order valence-corrected chi connectivity index (χ3v) is 1.94. The Hall–Kier alpha value is -1.30. The Morgan fingerprint density at radius 1 is 1.15 bits per heavy atom. The largest absolute Gasteiger partial charge is 0.0985 e. The molecule has 68 valence electrons. The Balaban J connectivity index is 2.63. The lowest BCUT2D eigenvalue weighted by Gasteiger charge is -1.94. The van der Waals surface area contributed by atoms with E-state index in [1.54, 1.807) is 0 Å². The first-order chi connectivity index (χ1) is 6.36. The molecule has 0 nitrogen and oxygen atoms in total. The zero-order chi connectivity index (χ0) is 9.52. The van der Waals surface area contributed by atoms with Crippen LogP contribution >= 0.6 is 0 Å². The standard InChI is InChI=1S/C13H16/c1-3-5-6-7-13-10-8-12(4-2)9-11-13/h4,6-11H,2-3,5H2,1H3. The van der Waals surface area contributed by atoms with Crippen molar-refractivity contribution in [3.05, 3.63) is 48.0 Å². The van der Waals surface area contributed by atoms with Gasteiger partial charge in [-0.3, -0.25) is 0 Å². The average Bonchev–Trinajstić information content (AvgIpc) is 2.19. The summed E-state index contributed by atoms with van der Waals surface area (Å²) in [5, 5.41) is 0. The van der Waals surface area contributed by atoms with E-state index in [1.165, 1.54) is 17.5 Å². The van der Waals surface area contributed by atoms with E-state index in [4.69, 9.17) is 0 Å². The molecule has 0 aliphatic rings. The van der Waals surface area contributed by atoms with Crippen LogP contribution in [0, 0.1) is 0 Å². The van der Waals surface area contributed by atoms with Gasteiger partial charge in [0.1, 0.15) is 0 Å². The first kappa shape index (κ1) is 9.79. The van der Waals surface area contributed by atoms with E-state index in [0.29, 0.717) is 0 Å². The molecule has 1 aromatic rings. The molecule has 0 bridgehead atoms. The van der Waals surface area contributed by atoms with Gasteiger partial charge >= 0.3 is 0 Å². The fraction of sp³-hybridized carbons (Fsp3) is 0.231. The topological polar surface area (TPSA) is 0 Å². The normalized spacial score (nSPS) is 10.5. The van der Waals surface area contributed by atoms with Gasteiger partial charge in [-0.1, -0.05) is 62.4 Å². The lowest BCUT2D eigenvalue weighted by atomic mass is 10.1. The summed E-state index contributed by atoms with van der Waals surface area (Å²) in [7, 11) is 0. The molecule has 0 heteroatoms. The highest BCUT2D eigenvalue weighted by atomic mass is 13.9. The molecule has 0 spiro atoms. The highest BCUT2D eigenvalue weighted by Crippen LogP contribution is 2.07. The fourth-order valence-corrected chi connectivity index (χ4v) is 1.13. The summed E-state index contributed by atoms with van der Waals surface area (Å²) < 4.78 is 0. The summed E-state index contributed by atoms with van der Waals surface area (Å²) in [6.07, 6.45) is 8.60. The minimum atomic E-state index is 1.16. The number of allylic oxidation sites excluding steroid dienone is 1. The van der Waals surface area contributed by atoms with Gasteiger partial charge in [-0.25, -0.2) is 0 Å². The summed E-state index contributed by atoms with van der Waals surface area (Å²) in [6.45, 7) is 5.90. The van der Waals surface area contributed by atoms with Crippen LogP contribution in [-0.4, -0.2) is 0 Å². The molecular formula is C13H16. The predicted octanol–water partition coefficient (Wildman–Crippen LogP) is 4.14. The smallest absolute Gasteiger partial charge is 0.0259 e. The van der Waals surface area contributed by atoms with Gasteiger partial charge in [0.25, 0.3) is 0 Å². The molecule has 0 fully saturated rings. The summed E-state index contributed by atoms with van der Waals surface area (Å²) in [5.41, 5.74) is 2.44. The zero-order valence-corrected chi connectivity index (χ0v) is 8.16. The average molecular weight is 172 g/mol. The lowest BCUT2D eigenvalue weighted by molar-refractivity contribution is 0.962. The number of benzene rings is 1. The van der Waals surface area contributed by atoms with Crippen LogP contribution in [0.2, 0.25) is 0 Å².